The number of non-ortho nitro benzene ring substituents is 1. The summed E-state index contributed by atoms with van der Waals surface area (Å²) in [5, 5.41) is 11.2. The van der Waals surface area contributed by atoms with Gasteiger partial charge in [0.2, 0.25) is 0 Å². The average molecular weight is 309 g/mol. The Bertz CT molecular complexity index is 617. The number of nitrogens with two attached hydrogens (primary N) is 1. The summed E-state index contributed by atoms with van der Waals surface area (Å²) >= 11 is 7.73. The van der Waals surface area contributed by atoms with E-state index in [-0.39, 0.29) is 5.69 Å². The Labute approximate surface area is 126 Å². The molecular formula is C14H13ClN2O2S. The van der Waals surface area contributed by atoms with E-state index in [0.29, 0.717) is 10.7 Å². The Balaban J connectivity index is 1.91. The third-order valence-electron chi connectivity index (χ3n) is 2.75. The van der Waals surface area contributed by atoms with Crippen LogP contribution < -0.4 is 5.73 Å². The molecule has 2 N–H and O–H groups in total. The topological polar surface area (TPSA) is 69.2 Å². The second-order valence-corrected chi connectivity index (χ2v) is 5.76. The molecule has 2 aromatic carbocycles. The molecule has 0 atom stereocenters. The Morgan fingerprint density at radius 1 is 1.20 bits per heavy atom. The van der Waals surface area contributed by atoms with Crippen molar-refractivity contribution in [3.8, 4) is 0 Å². The van der Waals surface area contributed by atoms with Gasteiger partial charge in [0, 0.05) is 28.5 Å². The molecule has 0 aromatic heterocycles. The first-order chi connectivity index (χ1) is 9.56. The molecule has 0 spiro atoms. The largest absolute Gasteiger partial charge is 0.399 e. The highest BCUT2D eigenvalue weighted by atomic mass is 35.5. The van der Waals surface area contributed by atoms with Gasteiger partial charge in [-0.3, -0.25) is 10.1 Å². The van der Waals surface area contributed by atoms with E-state index in [9.17, 15) is 10.1 Å². The quantitative estimate of drug-likeness (QED) is 0.389. The van der Waals surface area contributed by atoms with Crippen LogP contribution in [0, 0.1) is 10.1 Å². The maximum absolute atomic E-state index is 10.6. The van der Waals surface area contributed by atoms with Crippen molar-refractivity contribution in [2.75, 3.05) is 11.5 Å². The molecule has 0 fully saturated rings. The van der Waals surface area contributed by atoms with Crippen LogP contribution >= 0.6 is 23.4 Å². The minimum Gasteiger partial charge on any atom is -0.399 e. The minimum atomic E-state index is -0.396. The summed E-state index contributed by atoms with van der Waals surface area (Å²) < 4.78 is 0. The molecule has 20 heavy (non-hydrogen) atoms. The number of nitrogens with zero attached hydrogens (tertiary/aromatic N) is 1. The van der Waals surface area contributed by atoms with Crippen LogP contribution in [-0.2, 0) is 6.42 Å². The lowest BCUT2D eigenvalue weighted by molar-refractivity contribution is -0.384. The van der Waals surface area contributed by atoms with Crippen molar-refractivity contribution >= 4 is 34.7 Å². The molecule has 0 radical (unpaired) electrons. The second-order valence-electron chi connectivity index (χ2n) is 4.21. The van der Waals surface area contributed by atoms with Crippen molar-refractivity contribution in [2.24, 2.45) is 0 Å². The fraction of sp³-hybridized carbons (Fsp3) is 0.143. The first-order valence-corrected chi connectivity index (χ1v) is 7.34. The van der Waals surface area contributed by atoms with Crippen LogP contribution in [0.2, 0.25) is 5.02 Å². The Kier molecular flexibility index (Phi) is 4.87. The highest BCUT2D eigenvalue weighted by Gasteiger charge is 2.05. The van der Waals surface area contributed by atoms with Gasteiger partial charge in [0.05, 0.1) is 9.95 Å². The minimum absolute atomic E-state index is 0.114. The van der Waals surface area contributed by atoms with Crippen LogP contribution in [0.5, 0.6) is 0 Å². The van der Waals surface area contributed by atoms with Gasteiger partial charge in [-0.25, -0.2) is 0 Å². The lowest BCUT2D eigenvalue weighted by Gasteiger charge is -2.05. The van der Waals surface area contributed by atoms with Gasteiger partial charge in [-0.15, -0.1) is 11.8 Å². The summed E-state index contributed by atoms with van der Waals surface area (Å²) in [7, 11) is 0. The fourth-order valence-corrected chi connectivity index (χ4v) is 2.97. The summed E-state index contributed by atoms with van der Waals surface area (Å²) in [6, 6.07) is 12.1. The fourth-order valence-electron chi connectivity index (χ4n) is 1.70. The van der Waals surface area contributed by atoms with Crippen molar-refractivity contribution in [1.82, 2.24) is 0 Å². The number of anilines is 1. The van der Waals surface area contributed by atoms with Gasteiger partial charge < -0.3 is 5.73 Å². The lowest BCUT2D eigenvalue weighted by atomic mass is 10.1. The van der Waals surface area contributed by atoms with Gasteiger partial charge in [-0.1, -0.05) is 23.7 Å². The number of nitrogen functional groups attached to an aromatic ring is 1. The highest BCUT2D eigenvalue weighted by Crippen LogP contribution is 2.29. The summed E-state index contributed by atoms with van der Waals surface area (Å²) in [4.78, 5) is 11.1. The number of benzene rings is 2. The van der Waals surface area contributed by atoms with E-state index in [1.165, 1.54) is 12.1 Å². The van der Waals surface area contributed by atoms with Crippen molar-refractivity contribution in [3.63, 3.8) is 0 Å². The van der Waals surface area contributed by atoms with Gasteiger partial charge in [0.15, 0.2) is 0 Å². The van der Waals surface area contributed by atoms with E-state index in [4.69, 9.17) is 17.3 Å². The van der Waals surface area contributed by atoms with Crippen LogP contribution in [0.3, 0.4) is 0 Å². The van der Waals surface area contributed by atoms with Crippen molar-refractivity contribution in [1.29, 1.82) is 0 Å². The number of hydrogen-bond donors (Lipinski definition) is 1. The normalized spacial score (nSPS) is 10.4. The van der Waals surface area contributed by atoms with E-state index in [0.717, 1.165) is 22.6 Å². The van der Waals surface area contributed by atoms with E-state index in [1.54, 1.807) is 30.0 Å². The number of rotatable bonds is 5. The van der Waals surface area contributed by atoms with E-state index in [1.807, 2.05) is 12.1 Å². The van der Waals surface area contributed by atoms with Gasteiger partial charge in [0.1, 0.15) is 0 Å². The number of thioether (sulfide) groups is 1. The lowest BCUT2D eigenvalue weighted by Crippen LogP contribution is -1.92. The maximum atomic E-state index is 10.6. The van der Waals surface area contributed by atoms with Crippen LogP contribution in [0.4, 0.5) is 11.4 Å². The maximum Gasteiger partial charge on any atom is 0.269 e. The number of nitro groups is 1. The summed E-state index contributed by atoms with van der Waals surface area (Å²) in [5.41, 5.74) is 7.46. The first-order valence-electron chi connectivity index (χ1n) is 5.97. The van der Waals surface area contributed by atoms with Gasteiger partial charge in [-0.05, 0) is 30.2 Å². The Hall–Kier alpha value is -1.72. The van der Waals surface area contributed by atoms with Crippen LogP contribution in [0.1, 0.15) is 5.56 Å². The molecule has 0 aliphatic rings. The third kappa shape index (κ3) is 3.88. The number of halogens is 1. The van der Waals surface area contributed by atoms with E-state index in [2.05, 4.69) is 0 Å². The van der Waals surface area contributed by atoms with Crippen molar-refractivity contribution in [2.45, 2.75) is 11.3 Å². The molecule has 0 unspecified atom stereocenters. The molecule has 0 aliphatic heterocycles. The smallest absolute Gasteiger partial charge is 0.269 e. The molecule has 0 bridgehead atoms. The molecule has 2 aromatic rings. The number of aryl methyl sites for hydroxylation is 1. The molecule has 0 heterocycles. The molecule has 4 nitrogen and oxygen atoms in total. The summed E-state index contributed by atoms with van der Waals surface area (Å²) in [5.74, 6) is 0.849. The molecule has 0 saturated carbocycles. The van der Waals surface area contributed by atoms with Crippen molar-refractivity contribution in [3.05, 3.63) is 63.2 Å². The highest BCUT2D eigenvalue weighted by molar-refractivity contribution is 7.99. The molecule has 104 valence electrons. The molecule has 0 amide bonds. The van der Waals surface area contributed by atoms with Gasteiger partial charge >= 0.3 is 0 Å². The standard InChI is InChI=1S/C14H13ClN2O2S/c15-13-9-11(16)3-6-14(13)20-8-7-10-1-4-12(5-2-10)17(18)19/h1-6,9H,7-8,16H2. The monoisotopic (exact) mass is 308 g/mol. The van der Waals surface area contributed by atoms with Crippen LogP contribution in [0.15, 0.2) is 47.4 Å². The predicted molar refractivity (Wildman–Crippen MR) is 83.4 cm³/mol. The third-order valence-corrected chi connectivity index (χ3v) is 4.25. The molecular weight excluding hydrogens is 296 g/mol. The zero-order valence-corrected chi connectivity index (χ0v) is 12.2. The van der Waals surface area contributed by atoms with Crippen molar-refractivity contribution < 1.29 is 4.92 Å². The molecule has 0 saturated heterocycles. The molecule has 0 aliphatic carbocycles. The van der Waals surface area contributed by atoms with Gasteiger partial charge in [-0.2, -0.15) is 0 Å². The SMILES string of the molecule is Nc1ccc(SCCc2ccc([N+](=O)[O-])cc2)c(Cl)c1. The first kappa shape index (κ1) is 14.7. The van der Waals surface area contributed by atoms with Crippen LogP contribution in [0.25, 0.3) is 0 Å². The van der Waals surface area contributed by atoms with Crippen LogP contribution in [-0.4, -0.2) is 10.7 Å². The van der Waals surface area contributed by atoms with E-state index < -0.39 is 4.92 Å². The summed E-state index contributed by atoms with van der Waals surface area (Å²) in [6.07, 6.45) is 0.823. The van der Waals surface area contributed by atoms with E-state index >= 15 is 0 Å². The summed E-state index contributed by atoms with van der Waals surface area (Å²) in [6.45, 7) is 0. The molecule has 6 heteroatoms. The molecule has 2 rings (SSSR count). The average Bonchev–Trinajstić information content (AvgIpc) is 2.42. The zero-order valence-electron chi connectivity index (χ0n) is 10.6. The van der Waals surface area contributed by atoms with Gasteiger partial charge in [0.25, 0.3) is 5.69 Å². The number of nitro benzene ring substituents is 1. The Morgan fingerprint density at radius 3 is 2.50 bits per heavy atom. The number of hydrogen-bond acceptors (Lipinski definition) is 4. The second kappa shape index (κ2) is 6.63. The zero-order chi connectivity index (χ0) is 14.5. The predicted octanol–water partition coefficient (Wildman–Crippen LogP) is 4.17. The Morgan fingerprint density at radius 2 is 1.90 bits per heavy atom.